The van der Waals surface area contributed by atoms with Crippen molar-refractivity contribution in [3.05, 3.63) is 36.5 Å². The van der Waals surface area contributed by atoms with Crippen LogP contribution in [0.25, 0.3) is 0 Å². The molecule has 0 saturated carbocycles. The third kappa shape index (κ3) is 48.5. The third-order valence-corrected chi connectivity index (χ3v) is 13.5. The van der Waals surface area contributed by atoms with Gasteiger partial charge in [-0.25, -0.2) is 0 Å². The highest BCUT2D eigenvalue weighted by atomic mass is 16.5. The first-order chi connectivity index (χ1) is 32.5. The zero-order chi connectivity index (χ0) is 48.1. The summed E-state index contributed by atoms with van der Waals surface area (Å²) in [6.07, 6.45) is 64.9. The van der Waals surface area contributed by atoms with Gasteiger partial charge in [0.1, 0.15) is 6.10 Å². The maximum atomic E-state index is 13.3. The Kier molecular flexibility index (Phi) is 52.5. The van der Waals surface area contributed by atoms with Gasteiger partial charge >= 0.3 is 5.97 Å². The molecule has 6 heteroatoms. The molecule has 0 heterocycles. The highest BCUT2D eigenvalue weighted by molar-refractivity contribution is 5.77. The standard InChI is InChI=1S/C60H113NO5/c1-4-7-10-13-16-19-22-25-28-29-32-33-36-39-42-45-48-51-56(66-60(65)53-50-47-44-41-38-35-31-27-24-21-18-15-12-9-6-3)54-59(64)61-57(55-62)58(63)52-49-46-43-40-37-34-30-26-23-20-17-14-11-8-5-2/h9,12,15,18,21,24,56-58,62-63H,4-8,10-11,13-14,16-17,19-20,22-23,25-55H2,1-3H3,(H,61,64)/b12-9+,18-15+,24-21+. The lowest BCUT2D eigenvalue weighted by molar-refractivity contribution is -0.151. The van der Waals surface area contributed by atoms with Crippen LogP contribution in [-0.2, 0) is 14.3 Å². The average Bonchev–Trinajstić information content (AvgIpc) is 3.31. The van der Waals surface area contributed by atoms with Gasteiger partial charge in [0.05, 0.1) is 25.2 Å². The Morgan fingerprint density at radius 3 is 1.23 bits per heavy atom. The molecule has 3 unspecified atom stereocenters. The quantitative estimate of drug-likeness (QED) is 0.0321. The number of rotatable bonds is 53. The van der Waals surface area contributed by atoms with Gasteiger partial charge < -0.3 is 20.3 Å². The molecule has 0 bridgehead atoms. The molecule has 388 valence electrons. The highest BCUT2D eigenvalue weighted by Gasteiger charge is 2.24. The number of allylic oxidation sites excluding steroid dienone is 6. The zero-order valence-corrected chi connectivity index (χ0v) is 44.3. The van der Waals surface area contributed by atoms with Gasteiger partial charge in [-0.1, -0.05) is 288 Å². The number of aliphatic hydroxyl groups is 2. The van der Waals surface area contributed by atoms with Gasteiger partial charge in [0, 0.05) is 6.42 Å². The topological polar surface area (TPSA) is 95.9 Å². The lowest BCUT2D eigenvalue weighted by Gasteiger charge is -2.24. The first-order valence-electron chi connectivity index (χ1n) is 29.2. The van der Waals surface area contributed by atoms with Crippen LogP contribution in [0.15, 0.2) is 36.5 Å². The van der Waals surface area contributed by atoms with Gasteiger partial charge in [-0.15, -0.1) is 0 Å². The van der Waals surface area contributed by atoms with E-state index < -0.39 is 18.2 Å². The summed E-state index contributed by atoms with van der Waals surface area (Å²) >= 11 is 0. The molecular weight excluding hydrogens is 815 g/mol. The summed E-state index contributed by atoms with van der Waals surface area (Å²) in [4.78, 5) is 26.3. The minimum Gasteiger partial charge on any atom is -0.462 e. The number of amides is 1. The largest absolute Gasteiger partial charge is 0.462 e. The van der Waals surface area contributed by atoms with E-state index in [1.165, 1.54) is 205 Å². The Labute approximate surface area is 411 Å². The van der Waals surface area contributed by atoms with Gasteiger partial charge in [-0.2, -0.15) is 0 Å². The van der Waals surface area contributed by atoms with Crippen LogP contribution in [0.1, 0.15) is 310 Å². The monoisotopic (exact) mass is 928 g/mol. The second-order valence-electron chi connectivity index (χ2n) is 20.1. The van der Waals surface area contributed by atoms with Crippen molar-refractivity contribution in [3.8, 4) is 0 Å². The molecule has 0 aromatic rings. The Bertz CT molecular complexity index is 1090. The maximum Gasteiger partial charge on any atom is 0.306 e. The van der Waals surface area contributed by atoms with Crippen molar-refractivity contribution in [3.63, 3.8) is 0 Å². The van der Waals surface area contributed by atoms with E-state index in [0.717, 1.165) is 57.8 Å². The minimum absolute atomic E-state index is 0.0775. The lowest BCUT2D eigenvalue weighted by atomic mass is 10.0. The first-order valence-corrected chi connectivity index (χ1v) is 29.2. The smallest absolute Gasteiger partial charge is 0.306 e. The van der Waals surface area contributed by atoms with Crippen molar-refractivity contribution in [2.24, 2.45) is 0 Å². The molecule has 0 aliphatic carbocycles. The van der Waals surface area contributed by atoms with E-state index >= 15 is 0 Å². The number of hydrogen-bond acceptors (Lipinski definition) is 5. The second kappa shape index (κ2) is 54.0. The third-order valence-electron chi connectivity index (χ3n) is 13.5. The van der Waals surface area contributed by atoms with Crippen LogP contribution >= 0.6 is 0 Å². The summed E-state index contributed by atoms with van der Waals surface area (Å²) in [6, 6.07) is -0.701. The number of hydrogen-bond donors (Lipinski definition) is 3. The molecule has 0 saturated heterocycles. The average molecular weight is 929 g/mol. The fraction of sp³-hybridized carbons (Fsp3) is 0.867. The Morgan fingerprint density at radius 1 is 0.455 bits per heavy atom. The van der Waals surface area contributed by atoms with Crippen molar-refractivity contribution in [1.29, 1.82) is 0 Å². The zero-order valence-electron chi connectivity index (χ0n) is 44.3. The van der Waals surface area contributed by atoms with Crippen molar-refractivity contribution in [2.45, 2.75) is 328 Å². The van der Waals surface area contributed by atoms with Gasteiger partial charge in [0.25, 0.3) is 0 Å². The van der Waals surface area contributed by atoms with Crippen LogP contribution in [0.5, 0.6) is 0 Å². The summed E-state index contributed by atoms with van der Waals surface area (Å²) in [5.41, 5.74) is 0. The number of esters is 1. The van der Waals surface area contributed by atoms with Crippen molar-refractivity contribution < 1.29 is 24.5 Å². The van der Waals surface area contributed by atoms with E-state index in [9.17, 15) is 19.8 Å². The molecule has 0 aromatic carbocycles. The van der Waals surface area contributed by atoms with Gasteiger partial charge in [-0.3, -0.25) is 9.59 Å². The fourth-order valence-corrected chi connectivity index (χ4v) is 9.14. The second-order valence-corrected chi connectivity index (χ2v) is 20.1. The van der Waals surface area contributed by atoms with Crippen LogP contribution in [0.3, 0.4) is 0 Å². The number of nitrogens with one attached hydrogen (secondary N) is 1. The molecule has 6 nitrogen and oxygen atoms in total. The Morgan fingerprint density at radius 2 is 0.818 bits per heavy atom. The Balaban J connectivity index is 4.53. The van der Waals surface area contributed by atoms with Gasteiger partial charge in [0.15, 0.2) is 0 Å². The molecule has 3 atom stereocenters. The SMILES string of the molecule is CC/C=C/C=C/C=C/CCCCCCCCCC(=O)OC(CCCCCCCCCCCCCCCCCCC)CC(=O)NC(CO)C(O)CCCCCCCCCCCCCCCCC. The Hall–Kier alpha value is -1.92. The molecule has 0 fully saturated rings. The first kappa shape index (κ1) is 64.1. The molecular formula is C60H113NO5. The molecule has 0 radical (unpaired) electrons. The normalized spacial score (nSPS) is 13.3. The summed E-state index contributed by atoms with van der Waals surface area (Å²) < 4.78 is 5.97. The maximum absolute atomic E-state index is 13.3. The summed E-state index contributed by atoms with van der Waals surface area (Å²) in [5, 5.41) is 23.9. The van der Waals surface area contributed by atoms with Crippen molar-refractivity contribution in [2.75, 3.05) is 6.61 Å². The van der Waals surface area contributed by atoms with E-state index in [0.29, 0.717) is 19.3 Å². The van der Waals surface area contributed by atoms with Crippen LogP contribution < -0.4 is 5.32 Å². The molecule has 0 aliphatic heterocycles. The van der Waals surface area contributed by atoms with Crippen molar-refractivity contribution >= 4 is 11.9 Å². The fourth-order valence-electron chi connectivity index (χ4n) is 9.14. The molecule has 0 aliphatic rings. The predicted molar refractivity (Wildman–Crippen MR) is 287 cm³/mol. The summed E-state index contributed by atoms with van der Waals surface area (Å²) in [5.74, 6) is -0.469. The molecule has 1 amide bonds. The van der Waals surface area contributed by atoms with E-state index in [-0.39, 0.29) is 24.9 Å². The van der Waals surface area contributed by atoms with Crippen molar-refractivity contribution in [1.82, 2.24) is 5.32 Å². The number of carbonyl (C=O) groups is 2. The molecule has 66 heavy (non-hydrogen) atoms. The van der Waals surface area contributed by atoms with E-state index in [1.54, 1.807) is 0 Å². The summed E-state index contributed by atoms with van der Waals surface area (Å²) in [6.45, 7) is 6.40. The van der Waals surface area contributed by atoms with E-state index in [1.807, 2.05) is 0 Å². The number of carbonyl (C=O) groups excluding carboxylic acids is 2. The highest BCUT2D eigenvalue weighted by Crippen LogP contribution is 2.19. The number of unbranched alkanes of at least 4 members (excludes halogenated alkanes) is 37. The van der Waals surface area contributed by atoms with Crippen LogP contribution in [-0.4, -0.2) is 46.9 Å². The lowest BCUT2D eigenvalue weighted by Crippen LogP contribution is -2.46. The predicted octanol–water partition coefficient (Wildman–Crippen LogP) is 18.0. The minimum atomic E-state index is -0.788. The van der Waals surface area contributed by atoms with Gasteiger partial charge in [-0.05, 0) is 44.9 Å². The van der Waals surface area contributed by atoms with Gasteiger partial charge in [0.2, 0.25) is 5.91 Å². The van der Waals surface area contributed by atoms with Crippen LogP contribution in [0, 0.1) is 0 Å². The van der Waals surface area contributed by atoms with Crippen LogP contribution in [0.2, 0.25) is 0 Å². The van der Waals surface area contributed by atoms with E-state index in [4.69, 9.17) is 4.74 Å². The molecule has 0 aromatic heterocycles. The molecule has 3 N–H and O–H groups in total. The molecule has 0 rings (SSSR count). The summed E-state index contributed by atoms with van der Waals surface area (Å²) in [7, 11) is 0. The number of aliphatic hydroxyl groups excluding tert-OH is 2. The van der Waals surface area contributed by atoms with Crippen LogP contribution in [0.4, 0.5) is 0 Å². The van der Waals surface area contributed by atoms with E-state index in [2.05, 4.69) is 62.5 Å². The number of ether oxygens (including phenoxy) is 1. The molecule has 0 spiro atoms.